The minimum Gasteiger partial charge on any atom is -0.381 e. The molecule has 0 heterocycles. The molecule has 3 nitrogen and oxygen atoms in total. The molecule has 0 saturated carbocycles. The van der Waals surface area contributed by atoms with Crippen molar-refractivity contribution in [1.82, 2.24) is 0 Å². The molecule has 15 heavy (non-hydrogen) atoms. The van der Waals surface area contributed by atoms with E-state index in [-0.39, 0.29) is 0 Å². The van der Waals surface area contributed by atoms with Crippen molar-refractivity contribution in [3.05, 3.63) is 0 Å². The van der Waals surface area contributed by atoms with Crippen LogP contribution in [0.2, 0.25) is 0 Å². The van der Waals surface area contributed by atoms with Gasteiger partial charge in [-0.05, 0) is 31.6 Å². The minimum atomic E-state index is -0.651. The van der Waals surface area contributed by atoms with Crippen LogP contribution in [-0.2, 0) is 4.74 Å². The van der Waals surface area contributed by atoms with Crippen molar-refractivity contribution in [2.75, 3.05) is 13.2 Å². The summed E-state index contributed by atoms with van der Waals surface area (Å²) in [5.74, 6) is 0.688. The van der Waals surface area contributed by atoms with Gasteiger partial charge in [0.25, 0.3) is 0 Å². The normalized spacial score (nSPS) is 14.9. The summed E-state index contributed by atoms with van der Waals surface area (Å²) in [4.78, 5) is 0. The zero-order chi connectivity index (χ0) is 11.7. The number of rotatable bonds is 8. The largest absolute Gasteiger partial charge is 0.381 e. The van der Waals surface area contributed by atoms with E-state index in [1.807, 2.05) is 6.92 Å². The maximum atomic E-state index is 8.84. The zero-order valence-corrected chi connectivity index (χ0v) is 10.3. The highest BCUT2D eigenvalue weighted by atomic mass is 16.5. The molecule has 0 radical (unpaired) electrons. The summed E-state index contributed by atoms with van der Waals surface area (Å²) in [6.45, 7) is 7.84. The van der Waals surface area contributed by atoms with Crippen molar-refractivity contribution >= 4 is 0 Å². The van der Waals surface area contributed by atoms with Crippen molar-refractivity contribution in [2.24, 2.45) is 11.7 Å². The summed E-state index contributed by atoms with van der Waals surface area (Å²) in [7, 11) is 0. The van der Waals surface area contributed by atoms with Crippen LogP contribution in [0.4, 0.5) is 0 Å². The fourth-order valence-electron chi connectivity index (χ4n) is 1.22. The molecule has 0 aromatic carbocycles. The molecule has 0 bridgehead atoms. The topological polar surface area (TPSA) is 59.0 Å². The Morgan fingerprint density at radius 2 is 2.07 bits per heavy atom. The Balaban J connectivity index is 3.43. The van der Waals surface area contributed by atoms with Crippen molar-refractivity contribution < 1.29 is 4.74 Å². The van der Waals surface area contributed by atoms with Gasteiger partial charge in [-0.3, -0.25) is 0 Å². The first-order valence-corrected chi connectivity index (χ1v) is 5.82. The lowest BCUT2D eigenvalue weighted by Crippen LogP contribution is -2.37. The van der Waals surface area contributed by atoms with Crippen LogP contribution in [-0.4, -0.2) is 18.8 Å². The SMILES string of the molecule is CCC(N)(C#N)CCCOCCC(C)C. The second-order valence-electron chi connectivity index (χ2n) is 4.52. The summed E-state index contributed by atoms with van der Waals surface area (Å²) >= 11 is 0. The molecule has 1 unspecified atom stereocenters. The van der Waals surface area contributed by atoms with Crippen LogP contribution in [0.25, 0.3) is 0 Å². The lowest BCUT2D eigenvalue weighted by Gasteiger charge is -2.18. The van der Waals surface area contributed by atoms with E-state index >= 15 is 0 Å². The molecule has 0 aliphatic rings. The summed E-state index contributed by atoms with van der Waals surface area (Å²) < 4.78 is 5.46. The average molecular weight is 212 g/mol. The third kappa shape index (κ3) is 7.35. The van der Waals surface area contributed by atoms with Gasteiger partial charge in [-0.15, -0.1) is 0 Å². The number of nitrogens with two attached hydrogens (primary N) is 1. The molecule has 2 N–H and O–H groups in total. The molecule has 0 fully saturated rings. The minimum absolute atomic E-state index is 0.651. The van der Waals surface area contributed by atoms with E-state index in [2.05, 4.69) is 19.9 Å². The summed E-state index contributed by atoms with van der Waals surface area (Å²) in [5, 5.41) is 8.84. The smallest absolute Gasteiger partial charge is 0.104 e. The lowest BCUT2D eigenvalue weighted by atomic mass is 9.94. The van der Waals surface area contributed by atoms with Crippen molar-refractivity contribution in [2.45, 2.75) is 52.0 Å². The fourth-order valence-corrected chi connectivity index (χ4v) is 1.22. The molecule has 88 valence electrons. The monoisotopic (exact) mass is 212 g/mol. The molecule has 0 aliphatic heterocycles. The van der Waals surface area contributed by atoms with Gasteiger partial charge in [0.2, 0.25) is 0 Å². The molecule has 0 spiro atoms. The van der Waals surface area contributed by atoms with E-state index in [1.165, 1.54) is 0 Å². The van der Waals surface area contributed by atoms with Gasteiger partial charge in [-0.1, -0.05) is 20.8 Å². The Morgan fingerprint density at radius 1 is 1.40 bits per heavy atom. The molecule has 0 rings (SSSR count). The van der Waals surface area contributed by atoms with Crippen LogP contribution in [0, 0.1) is 17.2 Å². The highest BCUT2D eigenvalue weighted by Gasteiger charge is 2.20. The third-order valence-electron chi connectivity index (χ3n) is 2.60. The second-order valence-corrected chi connectivity index (χ2v) is 4.52. The molecular weight excluding hydrogens is 188 g/mol. The van der Waals surface area contributed by atoms with Gasteiger partial charge in [-0.25, -0.2) is 0 Å². The Bertz CT molecular complexity index is 198. The van der Waals surface area contributed by atoms with Crippen LogP contribution in [0.15, 0.2) is 0 Å². The molecule has 0 aromatic rings. The standard InChI is InChI=1S/C12H24N2O/c1-4-12(14,10-13)7-5-8-15-9-6-11(2)3/h11H,4-9,14H2,1-3H3. The van der Waals surface area contributed by atoms with Crippen LogP contribution in [0.1, 0.15) is 46.5 Å². The molecular formula is C12H24N2O. The first-order chi connectivity index (χ1) is 7.04. The van der Waals surface area contributed by atoms with Gasteiger partial charge in [-0.2, -0.15) is 5.26 Å². The Labute approximate surface area is 93.6 Å². The first-order valence-electron chi connectivity index (χ1n) is 5.82. The number of hydrogen-bond donors (Lipinski definition) is 1. The fraction of sp³-hybridized carbons (Fsp3) is 0.917. The van der Waals surface area contributed by atoms with E-state index in [1.54, 1.807) is 0 Å². The maximum absolute atomic E-state index is 8.84. The Kier molecular flexibility index (Phi) is 7.37. The quantitative estimate of drug-likeness (QED) is 0.629. The van der Waals surface area contributed by atoms with E-state index in [0.717, 1.165) is 25.9 Å². The molecule has 0 aromatic heterocycles. The van der Waals surface area contributed by atoms with E-state index < -0.39 is 5.54 Å². The first kappa shape index (κ1) is 14.4. The molecule has 1 atom stereocenters. The van der Waals surface area contributed by atoms with Crippen molar-refractivity contribution in [1.29, 1.82) is 5.26 Å². The van der Waals surface area contributed by atoms with Gasteiger partial charge in [0.05, 0.1) is 6.07 Å². The molecule has 0 amide bonds. The van der Waals surface area contributed by atoms with E-state index in [9.17, 15) is 0 Å². The van der Waals surface area contributed by atoms with Gasteiger partial charge in [0.1, 0.15) is 5.54 Å². The molecule has 0 aliphatic carbocycles. The van der Waals surface area contributed by atoms with E-state index in [0.29, 0.717) is 18.9 Å². The van der Waals surface area contributed by atoms with Gasteiger partial charge >= 0.3 is 0 Å². The number of ether oxygens (including phenoxy) is 1. The average Bonchev–Trinajstić information content (AvgIpc) is 2.22. The molecule has 0 saturated heterocycles. The number of hydrogen-bond acceptors (Lipinski definition) is 3. The highest BCUT2D eigenvalue weighted by Crippen LogP contribution is 2.12. The predicted octanol–water partition coefficient (Wildman–Crippen LogP) is 2.46. The van der Waals surface area contributed by atoms with E-state index in [4.69, 9.17) is 15.7 Å². The van der Waals surface area contributed by atoms with Crippen LogP contribution >= 0.6 is 0 Å². The van der Waals surface area contributed by atoms with Crippen LogP contribution in [0.3, 0.4) is 0 Å². The maximum Gasteiger partial charge on any atom is 0.104 e. The van der Waals surface area contributed by atoms with Crippen molar-refractivity contribution in [3.63, 3.8) is 0 Å². The Morgan fingerprint density at radius 3 is 2.53 bits per heavy atom. The number of nitriles is 1. The Hall–Kier alpha value is -0.590. The highest BCUT2D eigenvalue weighted by molar-refractivity contribution is 5.03. The van der Waals surface area contributed by atoms with Gasteiger partial charge in [0.15, 0.2) is 0 Å². The third-order valence-corrected chi connectivity index (χ3v) is 2.60. The van der Waals surface area contributed by atoms with Crippen LogP contribution < -0.4 is 5.73 Å². The number of nitrogens with zero attached hydrogens (tertiary/aromatic N) is 1. The summed E-state index contributed by atoms with van der Waals surface area (Å²) in [6, 6.07) is 2.16. The van der Waals surface area contributed by atoms with Crippen molar-refractivity contribution in [3.8, 4) is 6.07 Å². The van der Waals surface area contributed by atoms with Gasteiger partial charge < -0.3 is 10.5 Å². The summed E-state index contributed by atoms with van der Waals surface area (Å²) in [5.41, 5.74) is 5.19. The predicted molar refractivity (Wildman–Crippen MR) is 62.3 cm³/mol. The second kappa shape index (κ2) is 7.67. The zero-order valence-electron chi connectivity index (χ0n) is 10.3. The van der Waals surface area contributed by atoms with Gasteiger partial charge in [0, 0.05) is 13.2 Å². The lowest BCUT2D eigenvalue weighted by molar-refractivity contribution is 0.117. The van der Waals surface area contributed by atoms with Crippen LogP contribution in [0.5, 0.6) is 0 Å². The molecule has 3 heteroatoms. The summed E-state index contributed by atoms with van der Waals surface area (Å²) in [6.07, 6.45) is 3.40.